The number of halogens is 2. The van der Waals surface area contributed by atoms with Crippen molar-refractivity contribution < 1.29 is 0 Å². The van der Waals surface area contributed by atoms with Crippen molar-refractivity contribution in [2.24, 2.45) is 5.73 Å². The van der Waals surface area contributed by atoms with Gasteiger partial charge in [-0.05, 0) is 57.2 Å². The average molecular weight is 389 g/mol. The molecule has 0 saturated heterocycles. The first-order chi connectivity index (χ1) is 8.65. The summed E-state index contributed by atoms with van der Waals surface area (Å²) in [6, 6.07) is 2.14. The predicted molar refractivity (Wildman–Crippen MR) is 80.6 cm³/mol. The predicted octanol–water partition coefficient (Wildman–Crippen LogP) is 4.07. The van der Waals surface area contributed by atoms with Gasteiger partial charge in [0.15, 0.2) is 0 Å². The molecule has 0 spiro atoms. The fraction of sp³-hybridized carbons (Fsp3) is 0.333. The topological polar surface area (TPSA) is 51.8 Å². The van der Waals surface area contributed by atoms with Crippen LogP contribution in [-0.2, 0) is 6.42 Å². The highest BCUT2D eigenvalue weighted by atomic mass is 79.9. The molecule has 3 nitrogen and oxygen atoms in total. The lowest BCUT2D eigenvalue weighted by Crippen LogP contribution is -2.15. The van der Waals surface area contributed by atoms with Crippen LogP contribution in [0.15, 0.2) is 21.2 Å². The van der Waals surface area contributed by atoms with Gasteiger partial charge in [-0.1, -0.05) is 0 Å². The van der Waals surface area contributed by atoms with Crippen LogP contribution in [0.4, 0.5) is 0 Å². The molecule has 0 amide bonds. The first kappa shape index (κ1) is 12.7. The summed E-state index contributed by atoms with van der Waals surface area (Å²) in [4.78, 5) is 10.4. The van der Waals surface area contributed by atoms with Crippen molar-refractivity contribution in [3.63, 3.8) is 0 Å². The largest absolute Gasteiger partial charge is 0.323 e. The quantitative estimate of drug-likeness (QED) is 0.801. The molecule has 0 fully saturated rings. The smallest absolute Gasteiger partial charge is 0.143 e. The lowest BCUT2D eigenvalue weighted by Gasteiger charge is -2.15. The first-order valence-corrected chi connectivity index (χ1v) is 8.12. The SMILES string of the molecule is NC1CCCc2nc(-c3ncc(Br)cc3Br)sc21. The second kappa shape index (κ2) is 5.00. The summed E-state index contributed by atoms with van der Waals surface area (Å²) >= 11 is 8.61. The molecule has 1 unspecified atom stereocenters. The summed E-state index contributed by atoms with van der Waals surface area (Å²) in [7, 11) is 0. The van der Waals surface area contributed by atoms with Gasteiger partial charge < -0.3 is 5.73 Å². The van der Waals surface area contributed by atoms with Gasteiger partial charge in [0.25, 0.3) is 0 Å². The van der Waals surface area contributed by atoms with Crippen LogP contribution in [0, 0.1) is 0 Å². The maximum absolute atomic E-state index is 6.13. The molecule has 1 aliphatic rings. The standard InChI is InChI=1S/C12H11Br2N3S/c13-6-4-7(14)10(16-5-6)12-17-9-3-1-2-8(15)11(9)18-12/h4-5,8H,1-3,15H2. The van der Waals surface area contributed by atoms with E-state index in [1.807, 2.05) is 6.07 Å². The molecule has 1 atom stereocenters. The zero-order chi connectivity index (χ0) is 12.7. The zero-order valence-electron chi connectivity index (χ0n) is 9.49. The Morgan fingerprint density at radius 2 is 2.22 bits per heavy atom. The third kappa shape index (κ3) is 2.27. The van der Waals surface area contributed by atoms with Gasteiger partial charge in [0.1, 0.15) is 10.7 Å². The molecule has 0 saturated carbocycles. The highest BCUT2D eigenvalue weighted by Gasteiger charge is 2.23. The molecule has 3 rings (SSSR count). The normalized spacial score (nSPS) is 18.7. The average Bonchev–Trinajstić information content (AvgIpc) is 2.74. The number of nitrogens with two attached hydrogens (primary N) is 1. The Morgan fingerprint density at radius 3 is 2.94 bits per heavy atom. The van der Waals surface area contributed by atoms with Gasteiger partial charge in [0, 0.05) is 26.1 Å². The molecule has 6 heteroatoms. The second-order valence-electron chi connectivity index (χ2n) is 4.31. The molecule has 2 aromatic heterocycles. The van der Waals surface area contributed by atoms with E-state index >= 15 is 0 Å². The van der Waals surface area contributed by atoms with Crippen LogP contribution < -0.4 is 5.73 Å². The summed E-state index contributed by atoms with van der Waals surface area (Å²) in [5, 5.41) is 0.955. The van der Waals surface area contributed by atoms with Crippen LogP contribution in [0.1, 0.15) is 29.5 Å². The third-order valence-corrected chi connectivity index (χ3v) is 5.28. The number of aromatic nitrogens is 2. The number of nitrogens with zero attached hydrogens (tertiary/aromatic N) is 2. The Morgan fingerprint density at radius 1 is 1.39 bits per heavy atom. The van der Waals surface area contributed by atoms with Gasteiger partial charge in [-0.3, -0.25) is 4.98 Å². The van der Waals surface area contributed by atoms with Gasteiger partial charge in [-0.15, -0.1) is 11.3 Å². The van der Waals surface area contributed by atoms with Crippen molar-refractivity contribution in [2.45, 2.75) is 25.3 Å². The summed E-state index contributed by atoms with van der Waals surface area (Å²) in [6.45, 7) is 0. The maximum Gasteiger partial charge on any atom is 0.143 e. The van der Waals surface area contributed by atoms with E-state index in [1.165, 1.54) is 4.88 Å². The number of thiazole rings is 1. The molecule has 1 aliphatic carbocycles. The number of aryl methyl sites for hydroxylation is 1. The number of fused-ring (bicyclic) bond motifs is 1. The van der Waals surface area contributed by atoms with Crippen LogP contribution >= 0.6 is 43.2 Å². The lowest BCUT2D eigenvalue weighted by atomic mass is 9.99. The Balaban J connectivity index is 2.07. The van der Waals surface area contributed by atoms with Crippen molar-refractivity contribution in [1.29, 1.82) is 0 Å². The van der Waals surface area contributed by atoms with Gasteiger partial charge in [0.2, 0.25) is 0 Å². The van der Waals surface area contributed by atoms with Crippen molar-refractivity contribution in [3.8, 4) is 10.7 Å². The van der Waals surface area contributed by atoms with E-state index in [4.69, 9.17) is 10.7 Å². The third-order valence-electron chi connectivity index (χ3n) is 3.00. The minimum absolute atomic E-state index is 0.147. The van der Waals surface area contributed by atoms with Crippen LogP contribution in [-0.4, -0.2) is 9.97 Å². The number of rotatable bonds is 1. The molecular formula is C12H11Br2N3S. The van der Waals surface area contributed by atoms with Crippen LogP contribution in [0.25, 0.3) is 10.7 Å². The Kier molecular flexibility index (Phi) is 3.53. The Hall–Kier alpha value is -0.300. The molecule has 2 aromatic rings. The summed E-state index contributed by atoms with van der Waals surface area (Å²) in [5.41, 5.74) is 8.18. The molecule has 18 heavy (non-hydrogen) atoms. The minimum atomic E-state index is 0.147. The molecule has 2 heterocycles. The van der Waals surface area contributed by atoms with Gasteiger partial charge in [0.05, 0.1) is 5.69 Å². The van der Waals surface area contributed by atoms with Crippen LogP contribution in [0.2, 0.25) is 0 Å². The molecule has 0 aromatic carbocycles. The summed E-state index contributed by atoms with van der Waals surface area (Å²) in [5.74, 6) is 0. The molecule has 94 valence electrons. The molecular weight excluding hydrogens is 378 g/mol. The summed E-state index contributed by atoms with van der Waals surface area (Å²) in [6.07, 6.45) is 5.02. The van der Waals surface area contributed by atoms with Gasteiger partial charge in [-0.25, -0.2) is 4.98 Å². The van der Waals surface area contributed by atoms with E-state index < -0.39 is 0 Å². The van der Waals surface area contributed by atoms with Gasteiger partial charge >= 0.3 is 0 Å². The van der Waals surface area contributed by atoms with E-state index in [0.717, 1.165) is 44.6 Å². The zero-order valence-corrected chi connectivity index (χ0v) is 13.5. The Labute approximate surface area is 126 Å². The second-order valence-corrected chi connectivity index (χ2v) is 7.11. The van der Waals surface area contributed by atoms with Crippen molar-refractivity contribution in [1.82, 2.24) is 9.97 Å². The molecule has 0 aliphatic heterocycles. The van der Waals surface area contributed by atoms with E-state index in [9.17, 15) is 0 Å². The van der Waals surface area contributed by atoms with E-state index in [-0.39, 0.29) is 6.04 Å². The highest BCUT2D eigenvalue weighted by molar-refractivity contribution is 9.11. The number of pyridine rings is 1. The maximum atomic E-state index is 6.13. The van der Waals surface area contributed by atoms with Crippen molar-refractivity contribution in [3.05, 3.63) is 31.8 Å². The monoisotopic (exact) mass is 387 g/mol. The molecule has 2 N–H and O–H groups in total. The molecule has 0 bridgehead atoms. The Bertz CT molecular complexity index is 597. The lowest BCUT2D eigenvalue weighted by molar-refractivity contribution is 0.573. The fourth-order valence-corrected chi connectivity index (χ4v) is 4.59. The van der Waals surface area contributed by atoms with Crippen molar-refractivity contribution in [2.75, 3.05) is 0 Å². The van der Waals surface area contributed by atoms with Crippen LogP contribution in [0.5, 0.6) is 0 Å². The number of hydrogen-bond donors (Lipinski definition) is 1. The van der Waals surface area contributed by atoms with E-state index in [1.54, 1.807) is 17.5 Å². The van der Waals surface area contributed by atoms with Crippen molar-refractivity contribution >= 4 is 43.2 Å². The first-order valence-electron chi connectivity index (χ1n) is 5.72. The summed E-state index contributed by atoms with van der Waals surface area (Å²) < 4.78 is 1.91. The van der Waals surface area contributed by atoms with E-state index in [0.29, 0.717) is 0 Å². The minimum Gasteiger partial charge on any atom is -0.323 e. The highest BCUT2D eigenvalue weighted by Crippen LogP contribution is 2.38. The number of hydrogen-bond acceptors (Lipinski definition) is 4. The fourth-order valence-electron chi connectivity index (χ4n) is 2.13. The van der Waals surface area contributed by atoms with Crippen LogP contribution in [0.3, 0.4) is 0 Å². The van der Waals surface area contributed by atoms with Gasteiger partial charge in [-0.2, -0.15) is 0 Å². The molecule has 0 radical (unpaired) electrons. The van der Waals surface area contributed by atoms with E-state index in [2.05, 4.69) is 36.8 Å².